The van der Waals surface area contributed by atoms with Crippen molar-refractivity contribution in [3.8, 4) is 0 Å². The van der Waals surface area contributed by atoms with E-state index in [1.165, 1.54) is 18.2 Å². The highest BCUT2D eigenvalue weighted by Gasteiger charge is 2.53. The van der Waals surface area contributed by atoms with Crippen molar-refractivity contribution in [2.75, 3.05) is 5.32 Å². The van der Waals surface area contributed by atoms with E-state index in [0.717, 1.165) is 0 Å². The van der Waals surface area contributed by atoms with E-state index in [1.54, 1.807) is 18.2 Å². The van der Waals surface area contributed by atoms with Crippen LogP contribution < -0.4 is 5.32 Å². The molecule has 3 rings (SSSR count). The maximum atomic E-state index is 13.5. The zero-order valence-electron chi connectivity index (χ0n) is 10.3. The van der Waals surface area contributed by atoms with E-state index in [1.807, 2.05) is 0 Å². The summed E-state index contributed by atoms with van der Waals surface area (Å²) in [4.78, 5) is 23.5. The molecule has 0 aliphatic carbocycles. The molecule has 5 nitrogen and oxygen atoms in total. The van der Waals surface area contributed by atoms with E-state index in [0.29, 0.717) is 0 Å². The van der Waals surface area contributed by atoms with Crippen LogP contribution in [0.15, 0.2) is 36.4 Å². The highest BCUT2D eigenvalue weighted by atomic mass is 19.1. The number of para-hydroxylation sites is 1. The Morgan fingerprint density at radius 2 is 1.80 bits per heavy atom. The van der Waals surface area contributed by atoms with Gasteiger partial charge in [-0.25, -0.2) is 4.39 Å². The highest BCUT2D eigenvalue weighted by molar-refractivity contribution is 5.96. The molecule has 2 aliphatic rings. The minimum atomic E-state index is -1.09. The van der Waals surface area contributed by atoms with Crippen LogP contribution in [0, 0.1) is 17.7 Å². The first-order chi connectivity index (χ1) is 9.58. The molecule has 6 heteroatoms. The SMILES string of the molecule is O=C(O)[C@@H]1[C@@H](C(=O)Nc2ccccc2F)[C@H]2C=C[C@@H]1O2. The third kappa shape index (κ3) is 1.98. The summed E-state index contributed by atoms with van der Waals surface area (Å²) in [5.74, 6) is -3.97. The van der Waals surface area contributed by atoms with E-state index in [9.17, 15) is 19.1 Å². The van der Waals surface area contributed by atoms with E-state index in [2.05, 4.69) is 5.32 Å². The molecular formula is C14H12FNO4. The number of carbonyl (C=O) groups excluding carboxylic acids is 1. The van der Waals surface area contributed by atoms with Crippen molar-refractivity contribution in [2.45, 2.75) is 12.2 Å². The van der Waals surface area contributed by atoms with E-state index >= 15 is 0 Å². The van der Waals surface area contributed by atoms with Crippen LogP contribution in [0.4, 0.5) is 10.1 Å². The summed E-state index contributed by atoms with van der Waals surface area (Å²) in [5.41, 5.74) is 0.0355. The number of rotatable bonds is 3. The van der Waals surface area contributed by atoms with Crippen LogP contribution in [0.2, 0.25) is 0 Å². The van der Waals surface area contributed by atoms with E-state index < -0.39 is 41.7 Å². The largest absolute Gasteiger partial charge is 0.481 e. The van der Waals surface area contributed by atoms with E-state index in [4.69, 9.17) is 4.74 Å². The fraction of sp³-hybridized carbons (Fsp3) is 0.286. The molecule has 2 heterocycles. The van der Waals surface area contributed by atoms with Gasteiger partial charge in [0, 0.05) is 0 Å². The molecule has 2 bridgehead atoms. The normalized spacial score (nSPS) is 30.4. The van der Waals surface area contributed by atoms with Gasteiger partial charge < -0.3 is 15.2 Å². The fourth-order valence-electron chi connectivity index (χ4n) is 2.69. The van der Waals surface area contributed by atoms with Crippen molar-refractivity contribution in [1.82, 2.24) is 0 Å². The summed E-state index contributed by atoms with van der Waals surface area (Å²) in [7, 11) is 0. The Balaban J connectivity index is 1.82. The third-order valence-electron chi connectivity index (χ3n) is 3.62. The Morgan fingerprint density at radius 3 is 2.45 bits per heavy atom. The number of halogens is 1. The summed E-state index contributed by atoms with van der Waals surface area (Å²) in [6.07, 6.45) is 2.17. The van der Waals surface area contributed by atoms with Gasteiger partial charge in [-0.15, -0.1) is 0 Å². The van der Waals surface area contributed by atoms with Gasteiger partial charge in [-0.1, -0.05) is 24.3 Å². The number of benzene rings is 1. The van der Waals surface area contributed by atoms with Crippen molar-refractivity contribution >= 4 is 17.6 Å². The number of anilines is 1. The van der Waals surface area contributed by atoms with Gasteiger partial charge in [0.15, 0.2) is 0 Å². The second-order valence-corrected chi connectivity index (χ2v) is 4.81. The first kappa shape index (κ1) is 12.8. The van der Waals surface area contributed by atoms with Gasteiger partial charge in [-0.3, -0.25) is 9.59 Å². The number of aliphatic carboxylic acids is 1. The zero-order valence-corrected chi connectivity index (χ0v) is 10.3. The van der Waals surface area contributed by atoms with Crippen molar-refractivity contribution in [3.63, 3.8) is 0 Å². The number of amides is 1. The average molecular weight is 277 g/mol. The van der Waals surface area contributed by atoms with Crippen molar-refractivity contribution < 1.29 is 23.8 Å². The molecule has 2 N–H and O–H groups in total. The van der Waals surface area contributed by atoms with Crippen LogP contribution in [0.1, 0.15) is 0 Å². The number of hydrogen-bond acceptors (Lipinski definition) is 3. The highest BCUT2D eigenvalue weighted by Crippen LogP contribution is 2.39. The number of nitrogens with one attached hydrogen (secondary N) is 1. The zero-order chi connectivity index (χ0) is 14.3. The van der Waals surface area contributed by atoms with Crippen LogP contribution in [0.25, 0.3) is 0 Å². The topological polar surface area (TPSA) is 75.6 Å². The summed E-state index contributed by atoms with van der Waals surface area (Å²) in [5, 5.41) is 11.6. The van der Waals surface area contributed by atoms with Crippen LogP contribution in [0.3, 0.4) is 0 Å². The molecule has 0 radical (unpaired) electrons. The smallest absolute Gasteiger partial charge is 0.310 e. The fourth-order valence-corrected chi connectivity index (χ4v) is 2.69. The second kappa shape index (κ2) is 4.72. The van der Waals surface area contributed by atoms with Crippen molar-refractivity contribution in [2.24, 2.45) is 11.8 Å². The van der Waals surface area contributed by atoms with Crippen LogP contribution in [-0.4, -0.2) is 29.2 Å². The Labute approximate surface area is 114 Å². The number of ether oxygens (including phenoxy) is 1. The summed E-state index contributed by atoms with van der Waals surface area (Å²) >= 11 is 0. The minimum absolute atomic E-state index is 0.0355. The van der Waals surface area contributed by atoms with Gasteiger partial charge in [-0.05, 0) is 12.1 Å². The molecule has 1 fully saturated rings. The van der Waals surface area contributed by atoms with Gasteiger partial charge in [0.1, 0.15) is 11.7 Å². The maximum Gasteiger partial charge on any atom is 0.310 e. The summed E-state index contributed by atoms with van der Waals surface area (Å²) in [6, 6.07) is 5.74. The predicted molar refractivity (Wildman–Crippen MR) is 67.4 cm³/mol. The molecule has 0 aromatic heterocycles. The van der Waals surface area contributed by atoms with Crippen LogP contribution in [0.5, 0.6) is 0 Å². The van der Waals surface area contributed by atoms with Crippen LogP contribution >= 0.6 is 0 Å². The molecule has 4 atom stereocenters. The van der Waals surface area contributed by atoms with Gasteiger partial charge in [0.05, 0.1) is 23.8 Å². The molecule has 1 aromatic rings. The average Bonchev–Trinajstić information content (AvgIpc) is 3.01. The van der Waals surface area contributed by atoms with Crippen molar-refractivity contribution in [3.05, 3.63) is 42.2 Å². The van der Waals surface area contributed by atoms with Crippen LogP contribution in [-0.2, 0) is 14.3 Å². The Bertz CT molecular complexity index is 601. The number of carboxylic acids is 1. The Kier molecular flexibility index (Phi) is 3.02. The lowest BCUT2D eigenvalue weighted by atomic mass is 9.82. The molecule has 0 saturated carbocycles. The lowest BCUT2D eigenvalue weighted by Crippen LogP contribution is -2.39. The molecule has 1 amide bonds. The van der Waals surface area contributed by atoms with Gasteiger partial charge >= 0.3 is 5.97 Å². The van der Waals surface area contributed by atoms with Gasteiger partial charge in [0.25, 0.3) is 0 Å². The molecule has 20 heavy (non-hydrogen) atoms. The quantitative estimate of drug-likeness (QED) is 0.819. The number of hydrogen-bond donors (Lipinski definition) is 2. The second-order valence-electron chi connectivity index (χ2n) is 4.81. The number of carboxylic acid groups (broad SMARTS) is 1. The maximum absolute atomic E-state index is 13.5. The molecule has 104 valence electrons. The minimum Gasteiger partial charge on any atom is -0.481 e. The Morgan fingerprint density at radius 1 is 1.15 bits per heavy atom. The molecular weight excluding hydrogens is 265 g/mol. The Hall–Kier alpha value is -2.21. The predicted octanol–water partition coefficient (Wildman–Crippen LogP) is 1.42. The molecule has 0 unspecified atom stereocenters. The summed E-state index contributed by atoms with van der Waals surface area (Å²) < 4.78 is 18.9. The van der Waals surface area contributed by atoms with Gasteiger partial charge in [-0.2, -0.15) is 0 Å². The molecule has 1 saturated heterocycles. The first-order valence-corrected chi connectivity index (χ1v) is 6.20. The molecule has 0 spiro atoms. The lowest BCUT2D eigenvalue weighted by Gasteiger charge is -2.21. The lowest BCUT2D eigenvalue weighted by molar-refractivity contribution is -0.145. The third-order valence-corrected chi connectivity index (χ3v) is 3.62. The standard InChI is InChI=1S/C14H12FNO4/c15-7-3-1-2-4-8(7)16-13(17)11-9-5-6-10(20-9)12(11)14(18)19/h1-6,9-12H,(H,16,17)(H,18,19)/t9-,10+,11+,12+/m1/s1. The van der Waals surface area contributed by atoms with Gasteiger partial charge in [0.2, 0.25) is 5.91 Å². The first-order valence-electron chi connectivity index (χ1n) is 6.20. The molecule has 1 aromatic carbocycles. The van der Waals surface area contributed by atoms with E-state index in [-0.39, 0.29) is 5.69 Å². The monoisotopic (exact) mass is 277 g/mol. The van der Waals surface area contributed by atoms with Crippen molar-refractivity contribution in [1.29, 1.82) is 0 Å². The summed E-state index contributed by atoms with van der Waals surface area (Å²) in [6.45, 7) is 0. The number of fused-ring (bicyclic) bond motifs is 2. The molecule has 2 aliphatic heterocycles. The number of carbonyl (C=O) groups is 2.